The zero-order valence-electron chi connectivity index (χ0n) is 78.8. The molecule has 1 N–H and O–H groups in total. The monoisotopic (exact) mass is 2930 g/mol. The molecule has 20 aromatic rings. The number of imidazole rings is 1. The van der Waals surface area contributed by atoms with E-state index in [2.05, 4.69) is 175 Å². The van der Waals surface area contributed by atoms with Crippen LogP contribution in [0.2, 0.25) is 0 Å². The van der Waals surface area contributed by atoms with Crippen molar-refractivity contribution >= 4 is 33.3 Å². The fraction of sp³-hybridized carbons (Fsp3) is 0.135. The molecule has 0 unspecified atom stereocenters. The van der Waals surface area contributed by atoms with Crippen LogP contribution in [-0.4, -0.2) is 95.0 Å². The van der Waals surface area contributed by atoms with Crippen LogP contribution in [0.4, 0.5) is 65.9 Å². The molecule has 1 saturated carbocycles. The molecule has 0 spiro atoms. The molecule has 0 bridgehead atoms. The second-order valence-corrected chi connectivity index (χ2v) is 33.6. The van der Waals surface area contributed by atoms with E-state index < -0.39 is 105 Å². The van der Waals surface area contributed by atoms with E-state index >= 15 is 0 Å². The van der Waals surface area contributed by atoms with Crippen LogP contribution in [0.25, 0.3) is 112 Å². The fourth-order valence-electron chi connectivity index (χ4n) is 16.3. The quantitative estimate of drug-likeness (QED) is 0.0434. The van der Waals surface area contributed by atoms with Gasteiger partial charge >= 0.3 is 75.3 Å². The molecular weight excluding hydrogens is 2860 g/mol. The molecule has 21 rings (SSSR count). The Bertz CT molecular complexity index is 7960. The molecule has 1 aliphatic carbocycles. The van der Waals surface area contributed by atoms with Crippen LogP contribution < -0.4 is 0 Å². The van der Waals surface area contributed by atoms with Crippen molar-refractivity contribution in [1.29, 1.82) is 0 Å². The van der Waals surface area contributed by atoms with Gasteiger partial charge in [-0.15, -0.1) is 78.2 Å². The Hall–Kier alpha value is -14.0. The number of fused-ring (bicyclic) bond motifs is 6. The number of alkyl halides is 3. The van der Waals surface area contributed by atoms with E-state index in [4.69, 9.17) is 20.1 Å². The average Bonchev–Trinajstić information content (AvgIpc) is 1.55. The SMILES string of the molecule is CC(C)(c1cccc(-c2[c-]cc(F)nc2F)n1)c1cccc(-c2[c-]cc(F)nc2F)n1.CC(C)(c1cccc(-c2[c-]cc(F)nc2F)n1)c1cccc(-n2[c-]cc(C(F)(F)F)n2)n1.Cc1cccc(C)c1-c1cnc2c3[c-]cccc3c3ccccc3n12.Fc1c[c-]c(-c2cccc(C3(c4cccc(-c5[c-]cc(F)nc5F)n4)CCCCC3)n2)c(F)n1.Fc1c[c-]c(-c2ccccn2)c(F)c1.O=C(O)c1ccccn1.[Ir].[Ir].[Pt+2].[Pt+2].[Pt+2]. The molecule has 2 radical (unpaired) electrons. The van der Waals surface area contributed by atoms with Crippen molar-refractivity contribution < 1.29 is 179 Å². The summed E-state index contributed by atoms with van der Waals surface area (Å²) >= 11 is 0. The Morgan fingerprint density at radius 2 is 0.787 bits per heavy atom. The summed E-state index contributed by atoms with van der Waals surface area (Å²) in [6.07, 6.45) is 7.19. The number of aryl methyl sites for hydroxylation is 2. The third kappa shape index (κ3) is 26.7. The van der Waals surface area contributed by atoms with E-state index in [-0.39, 0.29) is 177 Å². The molecule has 16 aromatic heterocycles. The Balaban J connectivity index is 0.000000175. The van der Waals surface area contributed by atoms with Gasteiger partial charge in [-0.1, -0.05) is 228 Å². The molecule has 39 heteroatoms. The molecule has 150 heavy (non-hydrogen) atoms. The van der Waals surface area contributed by atoms with Gasteiger partial charge in [0.25, 0.3) is 0 Å². The van der Waals surface area contributed by atoms with Crippen molar-refractivity contribution in [2.75, 3.05) is 0 Å². The molecule has 1 fully saturated rings. The third-order valence-corrected chi connectivity index (χ3v) is 23.5. The molecule has 1 aliphatic rings. The molecule has 0 atom stereocenters. The molecule has 0 amide bonds. The van der Waals surface area contributed by atoms with Crippen molar-refractivity contribution in [3.05, 3.63) is 450 Å². The second-order valence-electron chi connectivity index (χ2n) is 33.6. The minimum Gasteiger partial charge on any atom is -0.477 e. The molecule has 4 aromatic carbocycles. The van der Waals surface area contributed by atoms with E-state index in [9.17, 15) is 70.7 Å². The first-order chi connectivity index (χ1) is 69.6. The summed E-state index contributed by atoms with van der Waals surface area (Å²) in [5.74, 6) is -12.0. The van der Waals surface area contributed by atoms with Crippen LogP contribution in [0.1, 0.15) is 121 Å². The summed E-state index contributed by atoms with van der Waals surface area (Å²) in [6.45, 7) is 11.6. The molecule has 16 heterocycles. The molecule has 770 valence electrons. The first-order valence-corrected chi connectivity index (χ1v) is 44.4. The van der Waals surface area contributed by atoms with E-state index in [1.54, 1.807) is 121 Å². The van der Waals surface area contributed by atoms with Gasteiger partial charge in [0.1, 0.15) is 65.2 Å². The van der Waals surface area contributed by atoms with E-state index in [1.807, 2.05) is 58.2 Å². The Morgan fingerprint density at radius 1 is 0.387 bits per heavy atom. The van der Waals surface area contributed by atoms with Gasteiger partial charge in [-0.3, -0.25) is 48.8 Å². The van der Waals surface area contributed by atoms with Gasteiger partial charge in [0.05, 0.1) is 28.3 Å². The Labute approximate surface area is 919 Å². The summed E-state index contributed by atoms with van der Waals surface area (Å²) < 4.78 is 204. The van der Waals surface area contributed by atoms with Crippen LogP contribution in [-0.2, 0) is 126 Å². The molecular formula is C111H74F15Ir2N17O2Pt3-2. The van der Waals surface area contributed by atoms with E-state index in [0.29, 0.717) is 39.9 Å². The number of pyridine rings is 14. The van der Waals surface area contributed by atoms with Gasteiger partial charge in [0, 0.05) is 127 Å². The van der Waals surface area contributed by atoms with Gasteiger partial charge in [-0.05, 0) is 166 Å². The first-order valence-electron chi connectivity index (χ1n) is 44.4. The number of aromatic carboxylic acids is 1. The predicted octanol–water partition coefficient (Wildman–Crippen LogP) is 25.4. The number of rotatable bonds is 15. The normalized spacial score (nSPS) is 11.9. The Kier molecular flexibility index (Phi) is 39.6. The summed E-state index contributed by atoms with van der Waals surface area (Å²) in [6, 6.07) is 87.0. The number of carboxylic acids is 1. The standard InChI is InChI=1S/C26H18F4N4.C23H14F4N4.C23H17N2.C22H14F5N5.C11H6F2N.C6H5NO2.2Ir.3Pt/c27-22-12-10-16(24(29)33-22)18-6-4-8-20(31-18)26(14-2-1-3-15-26)21-9-5-7-19(32-21)17-11-13-23(28)34-25(17)30;1-23(2,17-7-3-5-15(28-17)13-9-11-19(24)30-21(13)26)18-8-4-6-16(29-18)14-10-12-20(25)31-22(14)27;1-15-8-7-9-16(2)22(15)21-14-24-23-19-12-4-3-10-17(19)18-11-5-6-13-20(18)25(21)23;1-21(2,15-6-3-5-14(28-15)13-9-10-18(23)30-20(13)24)16-7-4-8-19(29-16)32-12-11-17(31-32)22(25,26)27;12-8-4-5-9(10(13)7-8)11-3-1-2-6-14-11;8-6(9)5-3-1-2-4-7-5;;;;;/h4-9,12-13H,1-3,14-15H2;3-8,11-12H,1-2H3;3-11,13-14H,1-2H3;3-8,10-11H,1-2H3;1-4,6-7H;1-4H,(H,8,9);;;;;/q2*-2;-1;-2;-1;;;;3*+2. The minimum atomic E-state index is -4.59. The van der Waals surface area contributed by atoms with Gasteiger partial charge in [-0.2, -0.15) is 13.2 Å². The zero-order valence-corrected chi connectivity index (χ0v) is 90.4. The van der Waals surface area contributed by atoms with Gasteiger partial charge in [0.2, 0.25) is 0 Å². The van der Waals surface area contributed by atoms with Crippen LogP contribution in [0.15, 0.2) is 273 Å². The molecule has 0 aliphatic heterocycles. The number of hydrogen-bond donors (Lipinski definition) is 1. The predicted molar refractivity (Wildman–Crippen MR) is 508 cm³/mol. The Morgan fingerprint density at radius 3 is 1.20 bits per heavy atom. The fourth-order valence-corrected chi connectivity index (χ4v) is 16.3. The van der Waals surface area contributed by atoms with Crippen LogP contribution >= 0.6 is 0 Å². The number of aromatic nitrogens is 17. The summed E-state index contributed by atoms with van der Waals surface area (Å²) in [7, 11) is 0. The second kappa shape index (κ2) is 51.0. The number of carboxylic acid groups (broad SMARTS) is 1. The van der Waals surface area contributed by atoms with Crippen molar-refractivity contribution in [2.24, 2.45) is 0 Å². The van der Waals surface area contributed by atoms with Crippen LogP contribution in [0, 0.1) is 134 Å². The number of benzene rings is 4. The van der Waals surface area contributed by atoms with Crippen LogP contribution in [0.5, 0.6) is 0 Å². The van der Waals surface area contributed by atoms with Gasteiger partial charge < -0.3 is 44.1 Å². The maximum atomic E-state index is 14.3. The maximum Gasteiger partial charge on any atom is 2.00 e. The van der Waals surface area contributed by atoms with Gasteiger partial charge in [-0.25, -0.2) is 53.7 Å². The van der Waals surface area contributed by atoms with E-state index in [1.165, 1.54) is 57.4 Å². The summed E-state index contributed by atoms with van der Waals surface area (Å²) in [5, 5.41) is 15.3. The topological polar surface area (TPSA) is 240 Å². The number of carbonyl (C=O) groups is 1. The largest absolute Gasteiger partial charge is 2.00 e. The van der Waals surface area contributed by atoms with Crippen LogP contribution in [0.3, 0.4) is 0 Å². The first kappa shape index (κ1) is 116. The van der Waals surface area contributed by atoms with Gasteiger partial charge in [0.15, 0.2) is 0 Å². The number of hydrogen-bond acceptors (Lipinski definition) is 16. The zero-order chi connectivity index (χ0) is 103. The molecule has 0 saturated heterocycles. The smallest absolute Gasteiger partial charge is 0.477 e. The molecule has 19 nitrogen and oxygen atoms in total. The maximum absolute atomic E-state index is 14.3. The summed E-state index contributed by atoms with van der Waals surface area (Å²) in [5.41, 5.74) is 8.89. The van der Waals surface area contributed by atoms with Crippen molar-refractivity contribution in [2.45, 2.75) is 96.1 Å². The van der Waals surface area contributed by atoms with Crippen molar-refractivity contribution in [3.63, 3.8) is 0 Å². The van der Waals surface area contributed by atoms with Crippen molar-refractivity contribution in [1.82, 2.24) is 84.0 Å². The number of para-hydroxylation sites is 1. The third-order valence-electron chi connectivity index (χ3n) is 23.5. The minimum absolute atomic E-state index is 0. The average molecular weight is 2930 g/mol. The number of nitrogens with zero attached hydrogens (tertiary/aromatic N) is 17. The van der Waals surface area contributed by atoms with Crippen molar-refractivity contribution in [3.8, 4) is 84.6 Å². The number of halogens is 15. The van der Waals surface area contributed by atoms with E-state index in [0.717, 1.165) is 102 Å². The summed E-state index contributed by atoms with van der Waals surface area (Å²) in [4.78, 5) is 65.8.